The lowest BCUT2D eigenvalue weighted by Crippen LogP contribution is -2.41. The second-order valence-corrected chi connectivity index (χ2v) is 7.66. The topological polar surface area (TPSA) is 20.3 Å². The SMILES string of the molecule is O=C(C1C2C3CCC(C3)C12)N1CCCC(CCCl)C1. The predicted molar refractivity (Wildman–Crippen MR) is 75.9 cm³/mol. The number of carbonyl (C=O) groups excluding carboxylic acids is 1. The first-order valence-electron chi connectivity index (χ1n) is 8.14. The molecule has 0 aromatic heterocycles. The molecule has 1 saturated heterocycles. The van der Waals surface area contributed by atoms with Crippen LogP contribution in [0.2, 0.25) is 0 Å². The number of alkyl halides is 1. The standard InChI is InChI=1S/C16H24ClNO/c17-6-5-10-2-1-7-18(9-10)16(19)15-13-11-3-4-12(8-11)14(13)15/h10-15H,1-9H2. The van der Waals surface area contributed by atoms with Crippen LogP contribution in [0.4, 0.5) is 0 Å². The van der Waals surface area contributed by atoms with Crippen molar-refractivity contribution in [2.45, 2.75) is 38.5 Å². The molecule has 0 spiro atoms. The van der Waals surface area contributed by atoms with Crippen LogP contribution in [0.25, 0.3) is 0 Å². The lowest BCUT2D eigenvalue weighted by atomic mass is 9.94. The molecule has 3 aliphatic carbocycles. The Hall–Kier alpha value is -0.240. The van der Waals surface area contributed by atoms with Crippen molar-refractivity contribution in [2.75, 3.05) is 19.0 Å². The fourth-order valence-corrected chi connectivity index (χ4v) is 5.83. The van der Waals surface area contributed by atoms with E-state index in [1.54, 1.807) is 0 Å². The van der Waals surface area contributed by atoms with Crippen LogP contribution in [0.5, 0.6) is 0 Å². The maximum absolute atomic E-state index is 12.7. The number of hydrogen-bond donors (Lipinski definition) is 0. The van der Waals surface area contributed by atoms with Crippen molar-refractivity contribution in [3.05, 3.63) is 0 Å². The summed E-state index contributed by atoms with van der Waals surface area (Å²) in [6.45, 7) is 1.99. The minimum Gasteiger partial charge on any atom is -0.342 e. The summed E-state index contributed by atoms with van der Waals surface area (Å²) in [5, 5.41) is 0. The summed E-state index contributed by atoms with van der Waals surface area (Å²) in [6.07, 6.45) is 7.78. The van der Waals surface area contributed by atoms with Crippen LogP contribution in [0.15, 0.2) is 0 Å². The van der Waals surface area contributed by atoms with Gasteiger partial charge in [0.2, 0.25) is 5.91 Å². The Morgan fingerprint density at radius 1 is 1.16 bits per heavy atom. The highest BCUT2D eigenvalue weighted by atomic mass is 35.5. The Kier molecular flexibility index (Phi) is 3.06. The highest BCUT2D eigenvalue weighted by Crippen LogP contribution is 2.69. The van der Waals surface area contributed by atoms with Gasteiger partial charge in [0.1, 0.15) is 0 Å². The van der Waals surface area contributed by atoms with Gasteiger partial charge in [0.25, 0.3) is 0 Å². The molecule has 0 aromatic carbocycles. The Morgan fingerprint density at radius 2 is 1.89 bits per heavy atom. The molecular formula is C16H24ClNO. The number of carbonyl (C=O) groups is 1. The van der Waals surface area contributed by atoms with E-state index in [2.05, 4.69) is 4.90 Å². The first-order valence-corrected chi connectivity index (χ1v) is 8.68. The smallest absolute Gasteiger partial charge is 0.226 e. The summed E-state index contributed by atoms with van der Waals surface area (Å²) in [7, 11) is 0. The van der Waals surface area contributed by atoms with Gasteiger partial charge in [-0.2, -0.15) is 0 Å². The number of hydrogen-bond acceptors (Lipinski definition) is 1. The Balaban J connectivity index is 1.39. The number of amides is 1. The van der Waals surface area contributed by atoms with Gasteiger partial charge >= 0.3 is 0 Å². The Morgan fingerprint density at radius 3 is 2.58 bits per heavy atom. The molecular weight excluding hydrogens is 258 g/mol. The number of nitrogens with zero attached hydrogens (tertiary/aromatic N) is 1. The van der Waals surface area contributed by atoms with Gasteiger partial charge in [-0.25, -0.2) is 0 Å². The molecule has 0 aromatic rings. The number of piperidine rings is 1. The van der Waals surface area contributed by atoms with Gasteiger partial charge in [-0.3, -0.25) is 4.79 Å². The zero-order chi connectivity index (χ0) is 13.0. The minimum absolute atomic E-state index is 0.431. The summed E-state index contributed by atoms with van der Waals surface area (Å²) in [5.41, 5.74) is 0. The molecule has 2 nitrogen and oxygen atoms in total. The maximum Gasteiger partial charge on any atom is 0.226 e. The molecule has 1 heterocycles. The van der Waals surface area contributed by atoms with Gasteiger partial charge in [-0.05, 0) is 68.1 Å². The van der Waals surface area contributed by atoms with E-state index in [4.69, 9.17) is 11.6 Å². The van der Waals surface area contributed by atoms with Gasteiger partial charge < -0.3 is 4.90 Å². The molecule has 5 unspecified atom stereocenters. The van der Waals surface area contributed by atoms with Crippen LogP contribution < -0.4 is 0 Å². The van der Waals surface area contributed by atoms with Crippen LogP contribution in [0.3, 0.4) is 0 Å². The predicted octanol–water partition coefficient (Wildman–Crippen LogP) is 3.15. The summed E-state index contributed by atoms with van der Waals surface area (Å²) in [4.78, 5) is 14.9. The largest absolute Gasteiger partial charge is 0.342 e. The van der Waals surface area contributed by atoms with Crippen molar-refractivity contribution < 1.29 is 4.79 Å². The highest BCUT2D eigenvalue weighted by Gasteiger charge is 2.68. The quantitative estimate of drug-likeness (QED) is 0.728. The van der Waals surface area contributed by atoms with E-state index in [-0.39, 0.29) is 0 Å². The highest BCUT2D eigenvalue weighted by molar-refractivity contribution is 6.17. The number of halogens is 1. The molecule has 2 bridgehead atoms. The molecule has 3 heteroatoms. The minimum atomic E-state index is 0.431. The first kappa shape index (κ1) is 12.5. The molecule has 1 aliphatic heterocycles. The Bertz CT molecular complexity index is 367. The third-order valence-electron chi connectivity index (χ3n) is 6.37. The van der Waals surface area contributed by atoms with Gasteiger partial charge in [-0.15, -0.1) is 11.6 Å². The van der Waals surface area contributed by atoms with E-state index in [9.17, 15) is 4.79 Å². The number of fused-ring (bicyclic) bond motifs is 5. The maximum atomic E-state index is 12.7. The number of likely N-dealkylation sites (tertiary alicyclic amines) is 1. The van der Waals surface area contributed by atoms with Crippen molar-refractivity contribution in [1.82, 2.24) is 4.90 Å². The monoisotopic (exact) mass is 281 g/mol. The van der Waals surface area contributed by atoms with Crippen LogP contribution in [0.1, 0.15) is 38.5 Å². The number of rotatable bonds is 3. The zero-order valence-electron chi connectivity index (χ0n) is 11.6. The van der Waals surface area contributed by atoms with Crippen LogP contribution >= 0.6 is 11.6 Å². The third kappa shape index (κ3) is 1.93. The molecule has 106 valence electrons. The fourth-order valence-electron chi connectivity index (χ4n) is 5.52. The summed E-state index contributed by atoms with van der Waals surface area (Å²) in [6, 6.07) is 0. The van der Waals surface area contributed by atoms with Crippen LogP contribution in [-0.2, 0) is 4.79 Å². The van der Waals surface area contributed by atoms with Crippen LogP contribution in [0, 0.1) is 35.5 Å². The van der Waals surface area contributed by atoms with Gasteiger partial charge in [0.05, 0.1) is 0 Å². The van der Waals surface area contributed by atoms with E-state index >= 15 is 0 Å². The molecule has 19 heavy (non-hydrogen) atoms. The van der Waals surface area contributed by atoms with E-state index in [1.165, 1.54) is 32.1 Å². The molecule has 1 amide bonds. The lowest BCUT2D eigenvalue weighted by Gasteiger charge is -2.33. The molecule has 0 N–H and O–H groups in total. The molecule has 4 fully saturated rings. The second-order valence-electron chi connectivity index (χ2n) is 7.28. The summed E-state index contributed by atoms with van der Waals surface area (Å²) >= 11 is 5.86. The summed E-state index contributed by atoms with van der Waals surface area (Å²) in [5.74, 6) is 5.74. The van der Waals surface area contributed by atoms with E-state index in [1.807, 2.05) is 0 Å². The van der Waals surface area contributed by atoms with Crippen LogP contribution in [-0.4, -0.2) is 29.8 Å². The average Bonchev–Trinajstić information content (AvgIpc) is 2.86. The molecule has 5 atom stereocenters. The zero-order valence-corrected chi connectivity index (χ0v) is 12.3. The van der Waals surface area contributed by atoms with E-state index in [0.29, 0.717) is 17.7 Å². The van der Waals surface area contributed by atoms with Crippen molar-refractivity contribution >= 4 is 17.5 Å². The van der Waals surface area contributed by atoms with E-state index in [0.717, 1.165) is 49.1 Å². The van der Waals surface area contributed by atoms with E-state index < -0.39 is 0 Å². The van der Waals surface area contributed by atoms with Crippen molar-refractivity contribution in [3.63, 3.8) is 0 Å². The molecule has 0 radical (unpaired) electrons. The van der Waals surface area contributed by atoms with Gasteiger partial charge in [-0.1, -0.05) is 0 Å². The second kappa shape index (κ2) is 4.65. The normalized spacial score (nSPS) is 47.3. The molecule has 4 aliphatic rings. The Labute approximate surface area is 120 Å². The van der Waals surface area contributed by atoms with Crippen molar-refractivity contribution in [3.8, 4) is 0 Å². The van der Waals surface area contributed by atoms with Gasteiger partial charge in [0.15, 0.2) is 0 Å². The fraction of sp³-hybridized carbons (Fsp3) is 0.938. The van der Waals surface area contributed by atoms with Crippen molar-refractivity contribution in [2.24, 2.45) is 35.5 Å². The summed E-state index contributed by atoms with van der Waals surface area (Å²) < 4.78 is 0. The third-order valence-corrected chi connectivity index (χ3v) is 6.59. The van der Waals surface area contributed by atoms with Crippen molar-refractivity contribution in [1.29, 1.82) is 0 Å². The molecule has 3 saturated carbocycles. The average molecular weight is 282 g/mol. The molecule has 4 rings (SSSR count). The van der Waals surface area contributed by atoms with Gasteiger partial charge in [0, 0.05) is 24.9 Å². The first-order chi connectivity index (χ1) is 9.29. The lowest BCUT2D eigenvalue weighted by molar-refractivity contribution is -0.135.